The predicted octanol–water partition coefficient (Wildman–Crippen LogP) is 3.35. The molecule has 1 aliphatic carbocycles. The average Bonchev–Trinajstić information content (AvgIpc) is 3.42. The number of aliphatic imine (C=N–C) groups is 1. The molecule has 1 aliphatic heterocycles. The molecule has 2 unspecified atom stereocenters. The normalized spacial score (nSPS) is 23.1. The first kappa shape index (κ1) is 26.3. The molecular formula is C25H25F4N5O3. The summed E-state index contributed by atoms with van der Waals surface area (Å²) in [7, 11) is 1.54. The van der Waals surface area contributed by atoms with Crippen LogP contribution < -0.4 is 5.32 Å². The number of aryl methyl sites for hydroxylation is 1. The lowest BCUT2D eigenvalue weighted by Crippen LogP contribution is -2.38. The van der Waals surface area contributed by atoms with Gasteiger partial charge in [0.05, 0.1) is 30.7 Å². The Bertz CT molecular complexity index is 1260. The van der Waals surface area contributed by atoms with Crippen molar-refractivity contribution in [2.75, 3.05) is 20.3 Å². The van der Waals surface area contributed by atoms with Crippen molar-refractivity contribution < 1.29 is 32.2 Å². The number of rotatable bonds is 7. The number of benzene rings is 1. The van der Waals surface area contributed by atoms with E-state index in [0.29, 0.717) is 11.1 Å². The van der Waals surface area contributed by atoms with Crippen molar-refractivity contribution in [2.24, 2.45) is 4.99 Å². The number of alkyl halides is 3. The highest BCUT2D eigenvalue weighted by molar-refractivity contribution is 6.14. The second kappa shape index (κ2) is 10.7. The van der Waals surface area contributed by atoms with Gasteiger partial charge in [0.2, 0.25) is 5.96 Å². The topological polar surface area (TPSA) is 92.0 Å². The standard InChI is InChI=1S/C25H25F4N5O3/c1-15-11-33(14-31-15)20-8-3-16(10-22(20)37-2)9-19-23(36)34(24(32-19)30-13-25(27,28)29)21(12-35)17-4-6-18(26)7-5-17/h3-11,14,20-22,35H,12-13H2,1-2H3,(H,30,32)/b19-9-/t20?,21-,22?/m0/s1. The number of guanidine groups is 1. The van der Waals surface area contributed by atoms with Crippen LogP contribution in [0.25, 0.3) is 0 Å². The van der Waals surface area contributed by atoms with E-state index in [2.05, 4.69) is 15.3 Å². The van der Waals surface area contributed by atoms with Crippen molar-refractivity contribution in [3.63, 3.8) is 0 Å². The Balaban J connectivity index is 1.66. The van der Waals surface area contributed by atoms with Crippen LogP contribution in [0.3, 0.4) is 0 Å². The summed E-state index contributed by atoms with van der Waals surface area (Å²) in [4.78, 5) is 22.1. The number of halogens is 4. The lowest BCUT2D eigenvalue weighted by Gasteiger charge is -2.26. The Kier molecular flexibility index (Phi) is 7.60. The maximum Gasteiger partial charge on any atom is 0.408 e. The number of carbonyl (C=O) groups is 1. The summed E-state index contributed by atoms with van der Waals surface area (Å²) >= 11 is 0. The molecule has 1 aromatic carbocycles. The minimum Gasteiger partial charge on any atom is -0.394 e. The SMILES string of the molecule is COC1C=C(/C=C2\N/C(=N\CC(F)(F)F)N([C@@H](CO)c3ccc(F)cc3)C2=O)C=CC1n1cnc(C)c1. The van der Waals surface area contributed by atoms with Gasteiger partial charge in [0.1, 0.15) is 24.2 Å². The summed E-state index contributed by atoms with van der Waals surface area (Å²) in [5, 5.41) is 12.7. The summed E-state index contributed by atoms with van der Waals surface area (Å²) in [6, 6.07) is 3.69. The molecule has 2 N–H and O–H groups in total. The molecule has 0 radical (unpaired) electrons. The minimum atomic E-state index is -4.61. The van der Waals surface area contributed by atoms with Gasteiger partial charge in [0.25, 0.3) is 5.91 Å². The Labute approximate surface area is 210 Å². The van der Waals surface area contributed by atoms with E-state index in [-0.39, 0.29) is 17.7 Å². The Morgan fingerprint density at radius 3 is 2.62 bits per heavy atom. The van der Waals surface area contributed by atoms with E-state index in [1.54, 1.807) is 25.6 Å². The molecule has 12 heteroatoms. The van der Waals surface area contributed by atoms with Crippen molar-refractivity contribution in [3.8, 4) is 0 Å². The zero-order chi connectivity index (χ0) is 26.7. The van der Waals surface area contributed by atoms with Crippen LogP contribution in [0.4, 0.5) is 17.6 Å². The number of nitrogens with one attached hydrogen (secondary N) is 1. The van der Waals surface area contributed by atoms with Crippen LogP contribution in [-0.2, 0) is 9.53 Å². The molecule has 2 aromatic rings. The Morgan fingerprint density at radius 1 is 1.30 bits per heavy atom. The van der Waals surface area contributed by atoms with Crippen LogP contribution in [0.15, 0.2) is 77.4 Å². The van der Waals surface area contributed by atoms with Gasteiger partial charge in [-0.15, -0.1) is 0 Å². The van der Waals surface area contributed by atoms with E-state index in [1.165, 1.54) is 18.2 Å². The molecule has 0 spiro atoms. The lowest BCUT2D eigenvalue weighted by atomic mass is 9.99. The van der Waals surface area contributed by atoms with Gasteiger partial charge in [0.15, 0.2) is 0 Å². The number of carbonyl (C=O) groups excluding carboxylic acids is 1. The van der Waals surface area contributed by atoms with Crippen LogP contribution in [-0.4, -0.2) is 64.0 Å². The molecule has 2 aliphatic rings. The fourth-order valence-corrected chi connectivity index (χ4v) is 4.15. The molecule has 1 aromatic heterocycles. The third-order valence-corrected chi connectivity index (χ3v) is 5.91. The second-order valence-electron chi connectivity index (χ2n) is 8.54. The highest BCUT2D eigenvalue weighted by Gasteiger charge is 2.39. The van der Waals surface area contributed by atoms with Crippen LogP contribution in [0.1, 0.15) is 23.3 Å². The maximum absolute atomic E-state index is 13.4. The molecule has 0 saturated carbocycles. The number of methoxy groups -OCH3 is 1. The number of aromatic nitrogens is 2. The number of ether oxygens (including phenoxy) is 1. The van der Waals surface area contributed by atoms with Gasteiger partial charge in [0, 0.05) is 13.3 Å². The molecular weight excluding hydrogens is 494 g/mol. The summed E-state index contributed by atoms with van der Waals surface area (Å²) in [5.41, 5.74) is 1.71. The van der Waals surface area contributed by atoms with Crippen LogP contribution >= 0.6 is 0 Å². The highest BCUT2D eigenvalue weighted by Crippen LogP contribution is 2.29. The third kappa shape index (κ3) is 5.97. The van der Waals surface area contributed by atoms with Crippen molar-refractivity contribution in [1.29, 1.82) is 0 Å². The summed E-state index contributed by atoms with van der Waals surface area (Å²) in [5.74, 6) is -1.60. The quantitative estimate of drug-likeness (QED) is 0.433. The average molecular weight is 519 g/mol. The number of aliphatic hydroxyl groups is 1. The molecule has 1 amide bonds. The molecule has 2 heterocycles. The molecule has 0 bridgehead atoms. The number of allylic oxidation sites excluding steroid dienone is 3. The van der Waals surface area contributed by atoms with Gasteiger partial charge >= 0.3 is 6.18 Å². The number of hydrogen-bond donors (Lipinski definition) is 2. The van der Waals surface area contributed by atoms with E-state index in [1.807, 2.05) is 23.8 Å². The summed E-state index contributed by atoms with van der Waals surface area (Å²) < 4.78 is 59.7. The van der Waals surface area contributed by atoms with E-state index in [4.69, 9.17) is 4.74 Å². The molecule has 196 valence electrons. The smallest absolute Gasteiger partial charge is 0.394 e. The van der Waals surface area contributed by atoms with Crippen molar-refractivity contribution in [1.82, 2.24) is 19.8 Å². The molecule has 8 nitrogen and oxygen atoms in total. The molecule has 1 saturated heterocycles. The number of hydrogen-bond acceptors (Lipinski definition) is 5. The van der Waals surface area contributed by atoms with E-state index in [9.17, 15) is 27.5 Å². The van der Waals surface area contributed by atoms with Crippen LogP contribution in [0, 0.1) is 12.7 Å². The van der Waals surface area contributed by atoms with Gasteiger partial charge in [-0.3, -0.25) is 9.69 Å². The first-order chi connectivity index (χ1) is 17.6. The Morgan fingerprint density at radius 2 is 2.03 bits per heavy atom. The number of aliphatic hydroxyl groups excluding tert-OH is 1. The van der Waals surface area contributed by atoms with E-state index < -0.39 is 43.2 Å². The minimum absolute atomic E-state index is 0.0378. The number of nitrogens with zero attached hydrogens (tertiary/aromatic N) is 4. The van der Waals surface area contributed by atoms with Gasteiger partial charge in [-0.25, -0.2) is 14.4 Å². The second-order valence-corrected chi connectivity index (χ2v) is 8.54. The van der Waals surface area contributed by atoms with Crippen molar-refractivity contribution in [2.45, 2.75) is 31.3 Å². The number of amides is 1. The monoisotopic (exact) mass is 519 g/mol. The summed E-state index contributed by atoms with van der Waals surface area (Å²) in [6.07, 6.45) is 5.42. The van der Waals surface area contributed by atoms with Gasteiger partial charge in [-0.2, -0.15) is 13.2 Å². The first-order valence-electron chi connectivity index (χ1n) is 11.3. The predicted molar refractivity (Wildman–Crippen MR) is 127 cm³/mol. The lowest BCUT2D eigenvalue weighted by molar-refractivity contribution is -0.125. The zero-order valence-corrected chi connectivity index (χ0v) is 20.0. The molecule has 1 fully saturated rings. The van der Waals surface area contributed by atoms with E-state index >= 15 is 0 Å². The first-order valence-corrected chi connectivity index (χ1v) is 11.3. The highest BCUT2D eigenvalue weighted by atomic mass is 19.4. The fourth-order valence-electron chi connectivity index (χ4n) is 4.15. The maximum atomic E-state index is 13.4. The third-order valence-electron chi connectivity index (χ3n) is 5.91. The van der Waals surface area contributed by atoms with Crippen molar-refractivity contribution in [3.05, 3.63) is 89.4 Å². The zero-order valence-electron chi connectivity index (χ0n) is 20.0. The molecule has 3 atom stereocenters. The van der Waals surface area contributed by atoms with E-state index in [0.717, 1.165) is 22.7 Å². The largest absolute Gasteiger partial charge is 0.408 e. The fraction of sp³-hybridized carbons (Fsp3) is 0.320. The Hall–Kier alpha value is -3.77. The van der Waals surface area contributed by atoms with Gasteiger partial charge < -0.3 is 19.7 Å². The van der Waals surface area contributed by atoms with Gasteiger partial charge in [-0.05, 0) is 42.3 Å². The summed E-state index contributed by atoms with van der Waals surface area (Å²) in [6.45, 7) is -0.296. The van der Waals surface area contributed by atoms with Gasteiger partial charge in [-0.1, -0.05) is 24.3 Å². The van der Waals surface area contributed by atoms with Crippen molar-refractivity contribution >= 4 is 11.9 Å². The van der Waals surface area contributed by atoms with Crippen LogP contribution in [0.2, 0.25) is 0 Å². The molecule has 4 rings (SSSR count). The van der Waals surface area contributed by atoms with Crippen LogP contribution in [0.5, 0.6) is 0 Å². The number of imidazole rings is 1. The molecule has 37 heavy (non-hydrogen) atoms.